The Morgan fingerprint density at radius 2 is 1.47 bits per heavy atom. The van der Waals surface area contributed by atoms with E-state index in [1.54, 1.807) is 6.92 Å². The van der Waals surface area contributed by atoms with Crippen molar-refractivity contribution in [3.63, 3.8) is 0 Å². The van der Waals surface area contributed by atoms with Crippen LogP contribution in [0.2, 0.25) is 0 Å². The monoisotopic (exact) mass is 240 g/mol. The molecule has 6 heteroatoms. The Balaban J connectivity index is 0.000000557. The molecule has 0 bridgehead atoms. The molecule has 0 atom stereocenters. The lowest BCUT2D eigenvalue weighted by Gasteiger charge is -2.23. The van der Waals surface area contributed by atoms with Gasteiger partial charge in [0.1, 0.15) is 5.69 Å². The highest BCUT2D eigenvalue weighted by Crippen LogP contribution is 2.17. The van der Waals surface area contributed by atoms with Crippen LogP contribution < -0.4 is 4.48 Å². The van der Waals surface area contributed by atoms with E-state index in [2.05, 4.69) is 21.1 Å². The molecule has 0 N–H and O–H groups in total. The Bertz CT molecular complexity index is 389. The van der Waals surface area contributed by atoms with Crippen LogP contribution in [0.15, 0.2) is 24.3 Å². The van der Waals surface area contributed by atoms with Crippen LogP contribution >= 0.6 is 0 Å². The van der Waals surface area contributed by atoms with E-state index < -0.39 is 5.09 Å². The Morgan fingerprint density at radius 3 is 1.71 bits per heavy atom. The highest BCUT2D eigenvalue weighted by Gasteiger charge is 2.11. The van der Waals surface area contributed by atoms with E-state index in [-0.39, 0.29) is 5.78 Å². The molecule has 0 saturated carbocycles. The van der Waals surface area contributed by atoms with Crippen LogP contribution in [-0.2, 0) is 0 Å². The van der Waals surface area contributed by atoms with E-state index in [1.165, 1.54) is 5.69 Å². The third-order valence-corrected chi connectivity index (χ3v) is 2.05. The molecule has 1 aromatic carbocycles. The lowest BCUT2D eigenvalue weighted by atomic mass is 10.1. The van der Waals surface area contributed by atoms with Crippen molar-refractivity contribution in [3.8, 4) is 0 Å². The van der Waals surface area contributed by atoms with Gasteiger partial charge in [-0.2, -0.15) is 0 Å². The number of hydrogen-bond donors (Lipinski definition) is 0. The summed E-state index contributed by atoms with van der Waals surface area (Å²) < 4.78 is 0.776. The number of ketones is 1. The van der Waals surface area contributed by atoms with Crippen molar-refractivity contribution in [1.82, 2.24) is 4.48 Å². The van der Waals surface area contributed by atoms with Gasteiger partial charge in [0.2, 0.25) is 0 Å². The van der Waals surface area contributed by atoms with Gasteiger partial charge in [-0.15, -0.1) is 0 Å². The molecule has 1 rings (SSSR count). The SMILES string of the molecule is CC(=O)c1ccc([N+](C)(C)C)cc1.O=[N+]([O-])[O-]. The van der Waals surface area contributed by atoms with Crippen molar-refractivity contribution in [2.75, 3.05) is 21.1 Å². The Morgan fingerprint density at radius 1 is 1.12 bits per heavy atom. The van der Waals surface area contributed by atoms with Gasteiger partial charge in [0.05, 0.1) is 26.2 Å². The number of nitrogens with zero attached hydrogens (tertiary/aromatic N) is 2. The molecular weight excluding hydrogens is 224 g/mol. The Hall–Kier alpha value is -1.95. The normalized spacial score (nSPS) is 10.1. The molecule has 0 radical (unpaired) electrons. The summed E-state index contributed by atoms with van der Waals surface area (Å²) in [6, 6.07) is 7.75. The number of carbonyl (C=O) groups excluding carboxylic acids is 1. The topological polar surface area (TPSA) is 83.3 Å². The molecule has 1 aromatic rings. The van der Waals surface area contributed by atoms with Gasteiger partial charge < -0.3 is 15.3 Å². The van der Waals surface area contributed by atoms with Gasteiger partial charge in [0.25, 0.3) is 0 Å². The highest BCUT2D eigenvalue weighted by atomic mass is 16.9. The lowest BCUT2D eigenvalue weighted by Crippen LogP contribution is -2.34. The fourth-order valence-electron chi connectivity index (χ4n) is 1.14. The third-order valence-electron chi connectivity index (χ3n) is 2.05. The standard InChI is InChI=1S/C11H16NO.NO3/c1-9(13)10-5-7-11(8-6-10)12(2,3)4;2-1(3)4/h5-8H,1-4H3;/q+1;-1. The number of hydrogen-bond acceptors (Lipinski definition) is 4. The van der Waals surface area contributed by atoms with E-state index in [4.69, 9.17) is 15.3 Å². The van der Waals surface area contributed by atoms with Gasteiger partial charge in [-0.05, 0) is 31.2 Å². The first kappa shape index (κ1) is 15.0. The predicted octanol–water partition coefficient (Wildman–Crippen LogP) is 1.85. The van der Waals surface area contributed by atoms with Gasteiger partial charge in [-0.3, -0.25) is 9.28 Å². The molecule has 0 aromatic heterocycles. The summed E-state index contributed by atoms with van der Waals surface area (Å²) in [5, 5.41) is 14.8. The van der Waals surface area contributed by atoms with Gasteiger partial charge in [0.15, 0.2) is 5.78 Å². The van der Waals surface area contributed by atoms with Crippen molar-refractivity contribution < 1.29 is 9.88 Å². The number of benzene rings is 1. The molecule has 0 unspecified atom stereocenters. The van der Waals surface area contributed by atoms with Gasteiger partial charge in [0, 0.05) is 5.56 Å². The molecule has 0 amide bonds. The minimum absolute atomic E-state index is 0.118. The quantitative estimate of drug-likeness (QED) is 0.342. The van der Waals surface area contributed by atoms with Crippen LogP contribution in [0.25, 0.3) is 0 Å². The average molecular weight is 240 g/mol. The zero-order valence-corrected chi connectivity index (χ0v) is 10.3. The van der Waals surface area contributed by atoms with E-state index in [0.29, 0.717) is 0 Å². The molecule has 0 aliphatic rings. The number of rotatable bonds is 2. The minimum Gasteiger partial charge on any atom is -0.356 e. The summed E-state index contributed by atoms with van der Waals surface area (Å²) in [4.78, 5) is 19.3. The van der Waals surface area contributed by atoms with E-state index in [0.717, 1.165) is 10.0 Å². The zero-order chi connectivity index (χ0) is 13.6. The first-order valence-electron chi connectivity index (χ1n) is 4.89. The van der Waals surface area contributed by atoms with Crippen LogP contribution in [0, 0.1) is 15.3 Å². The summed E-state index contributed by atoms with van der Waals surface area (Å²) in [6.07, 6.45) is 0. The second kappa shape index (κ2) is 5.95. The summed E-state index contributed by atoms with van der Waals surface area (Å²) in [6.45, 7) is 1.58. The lowest BCUT2D eigenvalue weighted by molar-refractivity contribution is -0.402. The molecule has 0 aliphatic carbocycles. The van der Waals surface area contributed by atoms with E-state index >= 15 is 0 Å². The van der Waals surface area contributed by atoms with Crippen LogP contribution in [0.5, 0.6) is 0 Å². The average Bonchev–Trinajstić information content (AvgIpc) is 2.15. The van der Waals surface area contributed by atoms with E-state index in [9.17, 15) is 4.79 Å². The first-order valence-corrected chi connectivity index (χ1v) is 4.89. The Labute approximate surface area is 99.8 Å². The number of Topliss-reactive ketones (excluding diaryl/α,β-unsaturated/α-hetero) is 1. The van der Waals surface area contributed by atoms with Crippen LogP contribution in [-0.4, -0.2) is 32.0 Å². The number of carbonyl (C=O) groups is 1. The highest BCUT2D eigenvalue weighted by molar-refractivity contribution is 5.94. The summed E-state index contributed by atoms with van der Waals surface area (Å²) >= 11 is 0. The van der Waals surface area contributed by atoms with E-state index in [1.807, 2.05) is 24.3 Å². The third kappa shape index (κ3) is 6.26. The second-order valence-corrected chi connectivity index (χ2v) is 4.34. The van der Waals surface area contributed by atoms with Crippen LogP contribution in [0.3, 0.4) is 0 Å². The smallest absolute Gasteiger partial charge is 0.159 e. The van der Waals surface area contributed by atoms with Gasteiger partial charge in [-0.1, -0.05) is 0 Å². The molecule has 6 nitrogen and oxygen atoms in total. The first-order chi connectivity index (χ1) is 7.64. The molecule has 0 saturated heterocycles. The largest absolute Gasteiger partial charge is 0.356 e. The zero-order valence-electron chi connectivity index (χ0n) is 10.3. The second-order valence-electron chi connectivity index (χ2n) is 4.34. The maximum absolute atomic E-state index is 11.0. The minimum atomic E-state index is -1.75. The number of quaternary nitrogens is 1. The molecule has 17 heavy (non-hydrogen) atoms. The van der Waals surface area contributed by atoms with Crippen molar-refractivity contribution in [3.05, 3.63) is 45.2 Å². The summed E-state index contributed by atoms with van der Waals surface area (Å²) in [5.74, 6) is 0.118. The molecule has 0 fully saturated rings. The molecular formula is C11H16N2O4. The summed E-state index contributed by atoms with van der Waals surface area (Å²) in [7, 11) is 6.30. The maximum Gasteiger partial charge on any atom is 0.159 e. The van der Waals surface area contributed by atoms with Gasteiger partial charge >= 0.3 is 0 Å². The fourth-order valence-corrected chi connectivity index (χ4v) is 1.14. The maximum atomic E-state index is 11.0. The predicted molar refractivity (Wildman–Crippen MR) is 66.4 cm³/mol. The Kier molecular flexibility index (Phi) is 5.27. The molecule has 94 valence electrons. The molecule has 0 heterocycles. The van der Waals surface area contributed by atoms with Crippen molar-refractivity contribution in [2.24, 2.45) is 0 Å². The fraction of sp³-hybridized carbons (Fsp3) is 0.364. The molecule has 0 aliphatic heterocycles. The summed E-state index contributed by atoms with van der Waals surface area (Å²) in [5.41, 5.74) is 1.97. The van der Waals surface area contributed by atoms with Gasteiger partial charge in [-0.25, -0.2) is 0 Å². The van der Waals surface area contributed by atoms with Crippen LogP contribution in [0.4, 0.5) is 5.69 Å². The molecule has 0 spiro atoms. The van der Waals surface area contributed by atoms with Crippen molar-refractivity contribution in [1.29, 1.82) is 0 Å². The van der Waals surface area contributed by atoms with Crippen molar-refractivity contribution >= 4 is 11.5 Å². The van der Waals surface area contributed by atoms with Crippen molar-refractivity contribution in [2.45, 2.75) is 6.92 Å². The van der Waals surface area contributed by atoms with Crippen LogP contribution in [0.1, 0.15) is 17.3 Å².